The van der Waals surface area contributed by atoms with Crippen molar-refractivity contribution in [1.82, 2.24) is 0 Å². The Labute approximate surface area is 52.8 Å². The van der Waals surface area contributed by atoms with Crippen molar-refractivity contribution >= 4 is 23.3 Å². The van der Waals surface area contributed by atoms with Crippen LogP contribution in [0.2, 0.25) is 0 Å². The van der Waals surface area contributed by atoms with Gasteiger partial charge in [0.15, 0.2) is 0 Å². The van der Waals surface area contributed by atoms with Crippen LogP contribution in [0.4, 0.5) is 0 Å². The van der Waals surface area contributed by atoms with E-state index < -0.39 is 5.97 Å². The number of rotatable bonds is 1. The first-order valence-electron chi connectivity index (χ1n) is 1.47. The number of hydrogen-bond donors (Lipinski definition) is 0. The smallest absolute Gasteiger partial charge is 2.00 e. The second-order valence-electron chi connectivity index (χ2n) is 0.726. The van der Waals surface area contributed by atoms with Crippen molar-refractivity contribution in [3.8, 4) is 0 Å². The molecule has 0 saturated heterocycles. The number of carboxylic acid groups (broad SMARTS) is 1. The molecule has 0 bridgehead atoms. The van der Waals surface area contributed by atoms with Crippen LogP contribution in [0.25, 0.3) is 0 Å². The summed E-state index contributed by atoms with van der Waals surface area (Å²) >= 11 is 0. The van der Waals surface area contributed by atoms with Crippen LogP contribution in [0.1, 0.15) is 13.3 Å². The molecule has 0 saturated carbocycles. The van der Waals surface area contributed by atoms with Crippen LogP contribution in [0.15, 0.2) is 0 Å². The summed E-state index contributed by atoms with van der Waals surface area (Å²) in [6, 6.07) is 0. The first-order chi connectivity index (χ1) is 2.27. The Morgan fingerprint density at radius 3 is 1.86 bits per heavy atom. The molecule has 0 aliphatic heterocycles. The summed E-state index contributed by atoms with van der Waals surface area (Å²) in [4.78, 5) is 9.26. The van der Waals surface area contributed by atoms with Crippen LogP contribution in [-0.2, 0) is 10.3 Å². The molecule has 0 aromatic heterocycles. The van der Waals surface area contributed by atoms with Gasteiger partial charge in [-0.25, -0.2) is 0 Å². The van der Waals surface area contributed by atoms with E-state index in [-0.39, 0.29) is 29.3 Å². The quantitative estimate of drug-likeness (QED) is 0.397. The normalized spacial score (nSPS) is 5.29. The third kappa shape index (κ3) is 24.3. The predicted octanol–water partition coefficient (Wildman–Crippen LogP) is -1.35. The molecule has 0 aliphatic rings. The maximum Gasteiger partial charge on any atom is 3.00 e. The molecule has 0 N–H and O–H groups in total. The van der Waals surface area contributed by atoms with E-state index in [1.807, 2.05) is 0 Å². The number of carbonyl (C=O) groups excluding carboxylic acids is 1. The van der Waals surface area contributed by atoms with E-state index in [0.717, 1.165) is 0 Å². The van der Waals surface area contributed by atoms with E-state index in [9.17, 15) is 9.90 Å². The third-order valence-corrected chi connectivity index (χ3v) is 0.289. The fourth-order valence-corrected chi connectivity index (χ4v) is 0. The summed E-state index contributed by atoms with van der Waals surface area (Å²) in [5.74, 6) is -0.995. The van der Waals surface area contributed by atoms with Gasteiger partial charge in [0.2, 0.25) is 0 Å². The Bertz CT molecular complexity index is 45.4. The maximum atomic E-state index is 9.26. The zero-order valence-electron chi connectivity index (χ0n) is 4.01. The molecule has 3 nitrogen and oxygen atoms in total. The molecule has 0 aromatic rings. The molecular weight excluding hydrogens is 111 g/mol. The third-order valence-electron chi connectivity index (χ3n) is 0.289. The Hall–Kier alpha value is -0.0375. The molecular formula is C3H5AlO3. The zero-order chi connectivity index (χ0) is 4.28. The van der Waals surface area contributed by atoms with Gasteiger partial charge in [-0.15, -0.1) is 0 Å². The molecule has 0 rings (SSSR count). The van der Waals surface area contributed by atoms with Crippen LogP contribution >= 0.6 is 0 Å². The van der Waals surface area contributed by atoms with Crippen LogP contribution in [0.5, 0.6) is 0 Å². The van der Waals surface area contributed by atoms with Crippen LogP contribution in [0.3, 0.4) is 0 Å². The van der Waals surface area contributed by atoms with Gasteiger partial charge in [-0.2, -0.15) is 0 Å². The summed E-state index contributed by atoms with van der Waals surface area (Å²) in [5.41, 5.74) is 0. The molecule has 0 unspecified atom stereocenters. The van der Waals surface area contributed by atoms with Crippen molar-refractivity contribution in [1.29, 1.82) is 0 Å². The molecule has 0 amide bonds. The molecule has 4 heteroatoms. The zero-order valence-corrected chi connectivity index (χ0v) is 5.16. The Balaban J connectivity index is -0.0000000800. The fraction of sp³-hybridized carbons (Fsp3) is 0.667. The second kappa shape index (κ2) is 9.35. The van der Waals surface area contributed by atoms with Crippen molar-refractivity contribution in [2.75, 3.05) is 0 Å². The summed E-state index contributed by atoms with van der Waals surface area (Å²) in [6.07, 6.45) is 0.111. The molecule has 0 radical (unpaired) electrons. The van der Waals surface area contributed by atoms with Gasteiger partial charge in [0.25, 0.3) is 0 Å². The van der Waals surface area contributed by atoms with Gasteiger partial charge in [0.05, 0.1) is 0 Å². The molecule has 0 aromatic carbocycles. The van der Waals surface area contributed by atoms with Crippen molar-refractivity contribution in [2.24, 2.45) is 0 Å². The van der Waals surface area contributed by atoms with Gasteiger partial charge >= 0.3 is 17.4 Å². The summed E-state index contributed by atoms with van der Waals surface area (Å²) in [5, 5.41) is 9.26. The predicted molar refractivity (Wildman–Crippen MR) is 21.7 cm³/mol. The van der Waals surface area contributed by atoms with E-state index in [1.54, 1.807) is 0 Å². The molecule has 38 valence electrons. The number of aliphatic carboxylic acids is 1. The number of carboxylic acids is 1. The molecule has 0 atom stereocenters. The minimum atomic E-state index is -0.995. The van der Waals surface area contributed by atoms with E-state index in [1.165, 1.54) is 6.92 Å². The van der Waals surface area contributed by atoms with Gasteiger partial charge in [0, 0.05) is 5.97 Å². The van der Waals surface area contributed by atoms with Crippen LogP contribution in [-0.4, -0.2) is 23.3 Å². The average molecular weight is 116 g/mol. The van der Waals surface area contributed by atoms with Gasteiger partial charge in [-0.05, 0) is 6.42 Å². The van der Waals surface area contributed by atoms with E-state index in [4.69, 9.17) is 0 Å². The number of carbonyl (C=O) groups is 1. The van der Waals surface area contributed by atoms with Crippen molar-refractivity contribution in [3.63, 3.8) is 0 Å². The largest absolute Gasteiger partial charge is 3.00 e. The Morgan fingerprint density at radius 1 is 1.71 bits per heavy atom. The topological polar surface area (TPSA) is 68.6 Å². The van der Waals surface area contributed by atoms with Gasteiger partial charge < -0.3 is 15.4 Å². The van der Waals surface area contributed by atoms with E-state index in [0.29, 0.717) is 0 Å². The summed E-state index contributed by atoms with van der Waals surface area (Å²) in [7, 11) is 0. The van der Waals surface area contributed by atoms with Crippen molar-refractivity contribution < 1.29 is 15.4 Å². The SMILES string of the molecule is CCC(=O)[O-].[Al+3].[O-2]. The van der Waals surface area contributed by atoms with Crippen LogP contribution in [0, 0.1) is 0 Å². The monoisotopic (exact) mass is 116 g/mol. The first kappa shape index (κ1) is 15.8. The molecule has 0 fully saturated rings. The van der Waals surface area contributed by atoms with Gasteiger partial charge in [0.1, 0.15) is 0 Å². The van der Waals surface area contributed by atoms with Gasteiger partial charge in [-0.1, -0.05) is 6.92 Å². The first-order valence-corrected chi connectivity index (χ1v) is 1.47. The van der Waals surface area contributed by atoms with Crippen molar-refractivity contribution in [3.05, 3.63) is 0 Å². The molecule has 0 spiro atoms. The van der Waals surface area contributed by atoms with Crippen LogP contribution < -0.4 is 5.11 Å². The Kier molecular flexibility index (Phi) is 21.1. The van der Waals surface area contributed by atoms with E-state index in [2.05, 4.69) is 0 Å². The maximum absolute atomic E-state index is 9.26. The standard InChI is InChI=1S/C3H6O2.Al.O/c1-2-3(4)5;;/h2H2,1H3,(H,4,5);;/q;+3;-2/p-1. The summed E-state index contributed by atoms with van der Waals surface area (Å²) in [6.45, 7) is 1.54. The summed E-state index contributed by atoms with van der Waals surface area (Å²) < 4.78 is 0. The average Bonchev–Trinajstić information content (AvgIpc) is 1.38. The second-order valence-corrected chi connectivity index (χ2v) is 0.726. The fourth-order valence-electron chi connectivity index (χ4n) is 0. The van der Waals surface area contributed by atoms with E-state index >= 15 is 0 Å². The van der Waals surface area contributed by atoms with Crippen molar-refractivity contribution in [2.45, 2.75) is 13.3 Å². The molecule has 7 heavy (non-hydrogen) atoms. The minimum Gasteiger partial charge on any atom is -2.00 e. The Morgan fingerprint density at radius 2 is 1.86 bits per heavy atom. The minimum absolute atomic E-state index is 0. The molecule has 0 heterocycles. The molecule has 0 aliphatic carbocycles. The number of hydrogen-bond acceptors (Lipinski definition) is 2. The van der Waals surface area contributed by atoms with Gasteiger partial charge in [-0.3, -0.25) is 0 Å².